The molecule has 1 aromatic carbocycles. The first-order valence-corrected chi connectivity index (χ1v) is 19.4. The number of benzene rings is 1. The average molecular weight is 751 g/mol. The molecular formula is C36H53F2N6O7P. The van der Waals surface area contributed by atoms with Gasteiger partial charge in [0.2, 0.25) is 5.95 Å². The maximum Gasteiger partial charge on any atom is 0.470 e. The minimum atomic E-state index is -4.83. The Morgan fingerprint density at radius 3 is 2.35 bits per heavy atom. The topological polar surface area (TPSA) is 166 Å². The Balaban J connectivity index is 1.37. The van der Waals surface area contributed by atoms with Crippen LogP contribution in [-0.2, 0) is 13.9 Å². The van der Waals surface area contributed by atoms with Gasteiger partial charge in [-0.1, -0.05) is 60.8 Å². The number of carbonyl (C=O) groups excluding carboxylic acids is 2. The minimum Gasteiger partial charge on any atom is -0.495 e. The third-order valence-corrected chi connectivity index (χ3v) is 11.5. The number of hydrogen-bond acceptors (Lipinski definition) is 9. The highest BCUT2D eigenvalue weighted by molar-refractivity contribution is 7.46. The van der Waals surface area contributed by atoms with Gasteiger partial charge >= 0.3 is 13.7 Å². The molecule has 2 amide bonds. The van der Waals surface area contributed by atoms with E-state index >= 15 is 8.78 Å². The highest BCUT2D eigenvalue weighted by Crippen LogP contribution is 2.60. The number of rotatable bonds is 8. The summed E-state index contributed by atoms with van der Waals surface area (Å²) in [6.45, 7) is 11.0. The van der Waals surface area contributed by atoms with Crippen molar-refractivity contribution in [3.8, 4) is 5.75 Å². The molecule has 4 N–H and O–H groups in total. The van der Waals surface area contributed by atoms with Crippen molar-refractivity contribution in [2.75, 3.05) is 35.8 Å². The van der Waals surface area contributed by atoms with Gasteiger partial charge in [-0.3, -0.25) is 14.1 Å². The van der Waals surface area contributed by atoms with Crippen LogP contribution in [0, 0.1) is 16.7 Å². The molecule has 5 rings (SSSR count). The van der Waals surface area contributed by atoms with Gasteiger partial charge in [0.25, 0.3) is 11.8 Å². The number of phosphoric ester groups is 1. The lowest BCUT2D eigenvalue weighted by molar-refractivity contribution is -0.151. The van der Waals surface area contributed by atoms with E-state index in [4.69, 9.17) is 9.26 Å². The normalized spacial score (nSPS) is 24.6. The van der Waals surface area contributed by atoms with Crippen LogP contribution in [0.25, 0.3) is 0 Å². The van der Waals surface area contributed by atoms with Crippen LogP contribution < -0.4 is 25.2 Å². The van der Waals surface area contributed by atoms with Crippen LogP contribution in [0.15, 0.2) is 24.4 Å². The third-order valence-electron chi connectivity index (χ3n) is 11.0. The Bertz CT molecular complexity index is 1700. The van der Waals surface area contributed by atoms with E-state index in [0.29, 0.717) is 49.1 Å². The summed E-state index contributed by atoms with van der Waals surface area (Å²) in [6.07, 6.45) is 6.86. The number of anilines is 4. The molecule has 2 saturated carbocycles. The minimum absolute atomic E-state index is 0.108. The number of nitrogens with zero attached hydrogens (tertiary/aromatic N) is 4. The van der Waals surface area contributed by atoms with E-state index < -0.39 is 42.6 Å². The highest BCUT2D eigenvalue weighted by atomic mass is 31.2. The second-order valence-corrected chi connectivity index (χ2v) is 17.7. The first kappa shape index (κ1) is 39.8. The summed E-state index contributed by atoms with van der Waals surface area (Å²) in [5.41, 5.74) is -1.19. The highest BCUT2D eigenvalue weighted by Gasteiger charge is 2.58. The standard InChI is InChI=1S/C36H53F2N6O7P/c1-33(2,3)28-19-23(16-17-35(28,34(4,5)6)51-52(47,48)49)40-30(45)22-14-15-25(27(18-22)50-8)41-32-39-20-26-29(42-32)44(24-12-10-9-11-13-24)21-36(37,38)31(46)43(26)7/h14-15,18,20,23-24,28H,9-13,16-17,19,21H2,1-8H3,(H,40,45)(H,39,41,42)(H2,47,48,49)/t23-,28?,35-/m1/s1. The number of aromatic nitrogens is 2. The maximum absolute atomic E-state index is 15.1. The monoisotopic (exact) mass is 750 g/mol. The Morgan fingerprint density at radius 1 is 1.08 bits per heavy atom. The van der Waals surface area contributed by atoms with E-state index in [9.17, 15) is 23.9 Å². The number of fused-ring (bicyclic) bond motifs is 1. The van der Waals surface area contributed by atoms with Crippen LogP contribution in [0.5, 0.6) is 5.75 Å². The fourth-order valence-corrected chi connectivity index (χ4v) is 9.22. The number of phosphoric acid groups is 1. The molecule has 3 atom stereocenters. The Labute approximate surface area is 304 Å². The van der Waals surface area contributed by atoms with Gasteiger partial charge in [0, 0.05) is 24.7 Å². The predicted octanol–water partition coefficient (Wildman–Crippen LogP) is 6.82. The van der Waals surface area contributed by atoms with Crippen molar-refractivity contribution >= 4 is 42.8 Å². The van der Waals surface area contributed by atoms with Crippen molar-refractivity contribution < 1.29 is 42.0 Å². The first-order chi connectivity index (χ1) is 24.1. The Kier molecular flexibility index (Phi) is 11.1. The summed E-state index contributed by atoms with van der Waals surface area (Å²) < 4.78 is 53.7. The lowest BCUT2D eigenvalue weighted by Crippen LogP contribution is -2.60. The molecular weight excluding hydrogens is 697 g/mol. The van der Waals surface area contributed by atoms with Crippen LogP contribution in [0.2, 0.25) is 0 Å². The molecule has 2 aliphatic carbocycles. The van der Waals surface area contributed by atoms with Gasteiger partial charge in [0.05, 0.1) is 31.1 Å². The summed E-state index contributed by atoms with van der Waals surface area (Å²) >= 11 is 0. The molecule has 1 unspecified atom stereocenters. The summed E-state index contributed by atoms with van der Waals surface area (Å²) in [5.74, 6) is -4.89. The predicted molar refractivity (Wildman–Crippen MR) is 194 cm³/mol. The third kappa shape index (κ3) is 8.22. The molecule has 1 aliphatic heterocycles. The van der Waals surface area contributed by atoms with E-state index in [-0.39, 0.29) is 41.4 Å². The van der Waals surface area contributed by atoms with Gasteiger partial charge in [0.1, 0.15) is 11.4 Å². The number of nitrogens with one attached hydrogen (secondary N) is 2. The van der Waals surface area contributed by atoms with Crippen molar-refractivity contribution in [3.63, 3.8) is 0 Å². The van der Waals surface area contributed by atoms with Gasteiger partial charge in [-0.25, -0.2) is 9.55 Å². The van der Waals surface area contributed by atoms with Gasteiger partial charge in [-0.05, 0) is 67.1 Å². The number of carbonyl (C=O) groups is 2. The summed E-state index contributed by atoms with van der Waals surface area (Å²) in [5, 5.41) is 6.21. The van der Waals surface area contributed by atoms with Crippen molar-refractivity contribution in [2.24, 2.45) is 16.7 Å². The fourth-order valence-electron chi connectivity index (χ4n) is 8.30. The van der Waals surface area contributed by atoms with Crippen molar-refractivity contribution in [1.82, 2.24) is 15.3 Å². The van der Waals surface area contributed by atoms with Crippen LogP contribution in [0.1, 0.15) is 103 Å². The van der Waals surface area contributed by atoms with Crippen LogP contribution in [-0.4, -0.2) is 75.9 Å². The van der Waals surface area contributed by atoms with Crippen LogP contribution >= 0.6 is 7.82 Å². The molecule has 0 radical (unpaired) electrons. The van der Waals surface area contributed by atoms with Crippen molar-refractivity contribution in [1.29, 1.82) is 0 Å². The van der Waals surface area contributed by atoms with Crippen molar-refractivity contribution in [3.05, 3.63) is 30.0 Å². The maximum atomic E-state index is 15.1. The van der Waals surface area contributed by atoms with Gasteiger partial charge in [-0.2, -0.15) is 13.8 Å². The molecule has 2 fully saturated rings. The molecule has 2 heterocycles. The number of amides is 2. The second-order valence-electron chi connectivity index (χ2n) is 16.5. The number of hydrogen-bond donors (Lipinski definition) is 4. The molecule has 16 heteroatoms. The fraction of sp³-hybridized carbons (Fsp3) is 0.667. The van der Waals surface area contributed by atoms with E-state index in [2.05, 4.69) is 20.6 Å². The molecule has 52 heavy (non-hydrogen) atoms. The number of ether oxygens (including phenoxy) is 1. The summed E-state index contributed by atoms with van der Waals surface area (Å²) in [4.78, 5) is 57.6. The smallest absolute Gasteiger partial charge is 0.470 e. The van der Waals surface area contributed by atoms with Crippen LogP contribution in [0.3, 0.4) is 0 Å². The zero-order valence-electron chi connectivity index (χ0n) is 31.3. The zero-order chi connectivity index (χ0) is 38.4. The molecule has 13 nitrogen and oxygen atoms in total. The van der Waals surface area contributed by atoms with E-state index in [1.165, 1.54) is 20.4 Å². The molecule has 1 aromatic heterocycles. The average Bonchev–Trinajstić information content (AvgIpc) is 3.12. The Morgan fingerprint density at radius 2 is 1.75 bits per heavy atom. The lowest BCUT2D eigenvalue weighted by atomic mass is 9.55. The van der Waals surface area contributed by atoms with Gasteiger partial charge < -0.3 is 35.0 Å². The van der Waals surface area contributed by atoms with Gasteiger partial charge in [-0.15, -0.1) is 0 Å². The molecule has 0 bridgehead atoms. The number of methoxy groups -OCH3 is 1. The molecule has 2 aromatic rings. The SMILES string of the molecule is COc1cc(C(=O)N[C@@H]2CC[C@](OP(=O)(O)O)(C(C)(C)C)C(C(C)(C)C)C2)ccc1Nc1ncc2c(n1)N(C1CCCCC1)CC(F)(F)C(=O)N2C. The number of alkyl halides is 2. The zero-order valence-corrected chi connectivity index (χ0v) is 32.2. The Hall–Kier alpha value is -3.39. The van der Waals surface area contributed by atoms with E-state index in [1.54, 1.807) is 23.1 Å². The quantitative estimate of drug-likeness (QED) is 0.209. The summed E-state index contributed by atoms with van der Waals surface area (Å²) in [6, 6.07) is 4.35. The molecule has 288 valence electrons. The first-order valence-electron chi connectivity index (χ1n) is 17.9. The molecule has 0 saturated heterocycles. The van der Waals surface area contributed by atoms with Crippen molar-refractivity contribution in [2.45, 2.75) is 117 Å². The van der Waals surface area contributed by atoms with E-state index in [1.807, 2.05) is 41.5 Å². The van der Waals surface area contributed by atoms with Gasteiger partial charge in [0.15, 0.2) is 5.82 Å². The summed E-state index contributed by atoms with van der Waals surface area (Å²) in [7, 11) is -2.07. The lowest BCUT2D eigenvalue weighted by Gasteiger charge is -2.57. The van der Waals surface area contributed by atoms with E-state index in [0.717, 1.165) is 24.2 Å². The van der Waals surface area contributed by atoms with Crippen LogP contribution in [0.4, 0.5) is 31.9 Å². The molecule has 3 aliphatic rings. The number of halogens is 2. The largest absolute Gasteiger partial charge is 0.495 e. The second kappa shape index (κ2) is 14.4. The molecule has 0 spiro atoms.